The first kappa shape index (κ1) is 14.3. The van der Waals surface area contributed by atoms with E-state index < -0.39 is 0 Å². The van der Waals surface area contributed by atoms with Crippen molar-refractivity contribution in [2.75, 3.05) is 7.05 Å². The second-order valence-corrected chi connectivity index (χ2v) is 8.13. The molecule has 1 unspecified atom stereocenters. The SMILES string of the molecule is CN(C(=O)c1cc(Br)c(Br)s1)C1CCc2ccccc21. The van der Waals surface area contributed by atoms with Gasteiger partial charge in [-0.2, -0.15) is 0 Å². The third-order valence-electron chi connectivity index (χ3n) is 3.74. The van der Waals surface area contributed by atoms with Crippen molar-refractivity contribution in [2.45, 2.75) is 18.9 Å². The highest BCUT2D eigenvalue weighted by Gasteiger charge is 2.29. The molecule has 0 radical (unpaired) electrons. The summed E-state index contributed by atoms with van der Waals surface area (Å²) in [5.74, 6) is 0.0862. The average Bonchev–Trinajstić information content (AvgIpc) is 3.02. The van der Waals surface area contributed by atoms with E-state index in [1.165, 1.54) is 22.5 Å². The van der Waals surface area contributed by atoms with Crippen LogP contribution in [0.1, 0.15) is 33.3 Å². The first-order valence-electron chi connectivity index (χ1n) is 6.37. The molecule has 1 aliphatic carbocycles. The van der Waals surface area contributed by atoms with Crippen LogP contribution in [-0.4, -0.2) is 17.9 Å². The lowest BCUT2D eigenvalue weighted by molar-refractivity contribution is 0.0735. The van der Waals surface area contributed by atoms with Crippen LogP contribution in [0.3, 0.4) is 0 Å². The van der Waals surface area contributed by atoms with Gasteiger partial charge >= 0.3 is 0 Å². The molecule has 2 aromatic rings. The summed E-state index contributed by atoms with van der Waals surface area (Å²) in [5, 5.41) is 0. The third kappa shape index (κ3) is 2.47. The Morgan fingerprint density at radius 2 is 2.10 bits per heavy atom. The lowest BCUT2D eigenvalue weighted by Crippen LogP contribution is -2.29. The molecule has 1 atom stereocenters. The molecule has 3 rings (SSSR count). The van der Waals surface area contributed by atoms with Gasteiger partial charge in [0.05, 0.1) is 14.7 Å². The molecule has 0 spiro atoms. The summed E-state index contributed by atoms with van der Waals surface area (Å²) in [7, 11) is 1.90. The minimum absolute atomic E-state index is 0.0862. The summed E-state index contributed by atoms with van der Waals surface area (Å²) >= 11 is 8.35. The van der Waals surface area contributed by atoms with Crippen molar-refractivity contribution in [3.63, 3.8) is 0 Å². The molecule has 0 bridgehead atoms. The standard InChI is InChI=1S/C15H13Br2NOS/c1-18(15(19)13-8-11(16)14(17)20-13)12-7-6-9-4-2-3-5-10(9)12/h2-5,8,12H,6-7H2,1H3. The molecule has 1 heterocycles. The molecule has 20 heavy (non-hydrogen) atoms. The minimum atomic E-state index is 0.0862. The molecular weight excluding hydrogens is 402 g/mol. The smallest absolute Gasteiger partial charge is 0.264 e. The van der Waals surface area contributed by atoms with Crippen LogP contribution in [0, 0.1) is 0 Å². The Morgan fingerprint density at radius 3 is 2.80 bits per heavy atom. The fourth-order valence-electron chi connectivity index (χ4n) is 2.70. The second kappa shape index (κ2) is 5.62. The average molecular weight is 415 g/mol. The monoisotopic (exact) mass is 413 g/mol. The van der Waals surface area contributed by atoms with Gasteiger partial charge in [-0.1, -0.05) is 24.3 Å². The van der Waals surface area contributed by atoms with Crippen molar-refractivity contribution < 1.29 is 4.79 Å². The number of rotatable bonds is 2. The second-order valence-electron chi connectivity index (χ2n) is 4.90. The van der Waals surface area contributed by atoms with Gasteiger partial charge in [-0.15, -0.1) is 11.3 Å². The van der Waals surface area contributed by atoms with E-state index in [2.05, 4.69) is 50.1 Å². The molecule has 5 heteroatoms. The highest BCUT2D eigenvalue weighted by atomic mass is 79.9. The van der Waals surface area contributed by atoms with Crippen LogP contribution in [-0.2, 0) is 6.42 Å². The lowest BCUT2D eigenvalue weighted by Gasteiger charge is -2.25. The number of hydrogen-bond donors (Lipinski definition) is 0. The van der Waals surface area contributed by atoms with Crippen LogP contribution in [0.25, 0.3) is 0 Å². The zero-order valence-electron chi connectivity index (χ0n) is 10.9. The van der Waals surface area contributed by atoms with Crippen LogP contribution < -0.4 is 0 Å². The summed E-state index contributed by atoms with van der Waals surface area (Å²) in [6.45, 7) is 0. The molecule has 2 nitrogen and oxygen atoms in total. The van der Waals surface area contributed by atoms with E-state index in [0.717, 1.165) is 26.0 Å². The normalized spacial score (nSPS) is 17.1. The maximum atomic E-state index is 12.6. The van der Waals surface area contributed by atoms with E-state index >= 15 is 0 Å². The van der Waals surface area contributed by atoms with Crippen LogP contribution in [0.15, 0.2) is 38.6 Å². The van der Waals surface area contributed by atoms with Gasteiger partial charge in [0.2, 0.25) is 0 Å². The summed E-state index contributed by atoms with van der Waals surface area (Å²) < 4.78 is 1.90. The van der Waals surface area contributed by atoms with Crippen molar-refractivity contribution in [3.05, 3.63) is 54.6 Å². The van der Waals surface area contributed by atoms with Crippen molar-refractivity contribution in [3.8, 4) is 0 Å². The number of thiophene rings is 1. The van der Waals surface area contributed by atoms with Crippen LogP contribution in [0.4, 0.5) is 0 Å². The number of carbonyl (C=O) groups excluding carboxylic acids is 1. The van der Waals surface area contributed by atoms with Gasteiger partial charge in [0.1, 0.15) is 0 Å². The summed E-state index contributed by atoms with van der Waals surface area (Å²) in [6.07, 6.45) is 2.06. The van der Waals surface area contributed by atoms with E-state index in [-0.39, 0.29) is 11.9 Å². The van der Waals surface area contributed by atoms with Gasteiger partial charge in [-0.25, -0.2) is 0 Å². The predicted molar refractivity (Wildman–Crippen MR) is 89.3 cm³/mol. The van der Waals surface area contributed by atoms with Gasteiger partial charge in [0.15, 0.2) is 0 Å². The highest BCUT2D eigenvalue weighted by molar-refractivity contribution is 9.13. The summed E-state index contributed by atoms with van der Waals surface area (Å²) in [5.41, 5.74) is 2.66. The van der Waals surface area contributed by atoms with Crippen LogP contribution in [0.2, 0.25) is 0 Å². The molecule has 0 aliphatic heterocycles. The van der Waals surface area contributed by atoms with Gasteiger partial charge in [-0.3, -0.25) is 4.79 Å². The summed E-state index contributed by atoms with van der Waals surface area (Å²) in [4.78, 5) is 15.2. The zero-order valence-corrected chi connectivity index (χ0v) is 14.9. The molecule has 0 N–H and O–H groups in total. The zero-order chi connectivity index (χ0) is 14.3. The number of nitrogens with zero attached hydrogens (tertiary/aromatic N) is 1. The largest absolute Gasteiger partial charge is 0.334 e. The molecule has 0 fully saturated rings. The highest BCUT2D eigenvalue weighted by Crippen LogP contribution is 2.38. The third-order valence-corrected chi connectivity index (χ3v) is 6.99. The van der Waals surface area contributed by atoms with E-state index in [0.29, 0.717) is 0 Å². The molecule has 1 aromatic carbocycles. The number of amides is 1. The van der Waals surface area contributed by atoms with Gasteiger partial charge in [-0.05, 0) is 61.9 Å². The molecule has 0 saturated carbocycles. The lowest BCUT2D eigenvalue weighted by atomic mass is 10.1. The van der Waals surface area contributed by atoms with E-state index in [1.54, 1.807) is 0 Å². The molecular formula is C15H13Br2NOS. The Hall–Kier alpha value is -0.650. The van der Waals surface area contributed by atoms with Crippen LogP contribution >= 0.6 is 43.2 Å². The maximum absolute atomic E-state index is 12.6. The van der Waals surface area contributed by atoms with Crippen molar-refractivity contribution in [2.24, 2.45) is 0 Å². The van der Waals surface area contributed by atoms with Gasteiger partial charge < -0.3 is 4.90 Å². The van der Waals surface area contributed by atoms with Gasteiger partial charge in [0, 0.05) is 11.5 Å². The number of hydrogen-bond acceptors (Lipinski definition) is 2. The maximum Gasteiger partial charge on any atom is 0.264 e. The number of fused-ring (bicyclic) bond motifs is 1. The van der Waals surface area contributed by atoms with Crippen molar-refractivity contribution in [1.82, 2.24) is 4.90 Å². The molecule has 0 saturated heterocycles. The van der Waals surface area contributed by atoms with Crippen molar-refractivity contribution in [1.29, 1.82) is 0 Å². The fraction of sp³-hybridized carbons (Fsp3) is 0.267. The molecule has 1 aromatic heterocycles. The topological polar surface area (TPSA) is 20.3 Å². The number of halogens is 2. The quantitative estimate of drug-likeness (QED) is 0.674. The van der Waals surface area contributed by atoms with E-state index in [1.807, 2.05) is 24.1 Å². The summed E-state index contributed by atoms with van der Waals surface area (Å²) in [6, 6.07) is 10.5. The predicted octanol–water partition coefficient (Wildman–Crippen LogP) is 5.03. The van der Waals surface area contributed by atoms with Gasteiger partial charge in [0.25, 0.3) is 5.91 Å². The Morgan fingerprint density at radius 1 is 1.35 bits per heavy atom. The Kier molecular flexibility index (Phi) is 4.02. The number of aryl methyl sites for hydroxylation is 1. The number of benzene rings is 1. The Labute approximate surface area is 139 Å². The Balaban J connectivity index is 1.87. The number of carbonyl (C=O) groups is 1. The van der Waals surface area contributed by atoms with Crippen molar-refractivity contribution >= 4 is 49.1 Å². The first-order valence-corrected chi connectivity index (χ1v) is 8.78. The van der Waals surface area contributed by atoms with Crippen LogP contribution in [0.5, 0.6) is 0 Å². The minimum Gasteiger partial charge on any atom is -0.334 e. The Bertz CT molecular complexity index is 648. The molecule has 1 amide bonds. The first-order chi connectivity index (χ1) is 9.58. The van der Waals surface area contributed by atoms with E-state index in [4.69, 9.17) is 0 Å². The molecule has 104 valence electrons. The fourth-order valence-corrected chi connectivity index (χ4v) is 4.72. The van der Waals surface area contributed by atoms with E-state index in [9.17, 15) is 4.79 Å². The molecule has 1 aliphatic rings.